The van der Waals surface area contributed by atoms with E-state index in [0.717, 1.165) is 20.3 Å². The number of rotatable bonds is 5. The van der Waals surface area contributed by atoms with Crippen LogP contribution in [0.25, 0.3) is 0 Å². The minimum Gasteiger partial charge on any atom is -0.495 e. The van der Waals surface area contributed by atoms with Crippen molar-refractivity contribution >= 4 is 59.4 Å². The number of nitrogens with zero attached hydrogens (tertiary/aromatic N) is 1. The van der Waals surface area contributed by atoms with E-state index in [-0.39, 0.29) is 4.21 Å². The average Bonchev–Trinajstić information content (AvgIpc) is 2.92. The van der Waals surface area contributed by atoms with Crippen molar-refractivity contribution < 1.29 is 13.2 Å². The van der Waals surface area contributed by atoms with E-state index in [2.05, 4.69) is 41.8 Å². The van der Waals surface area contributed by atoms with Gasteiger partial charge in [0, 0.05) is 10.0 Å². The smallest absolute Gasteiger partial charge is 0.286 e. The van der Waals surface area contributed by atoms with Crippen LogP contribution in [0.4, 0.5) is 0 Å². The minimum absolute atomic E-state index is 0.210. The number of benzene rings is 1. The molecule has 9 heteroatoms. The molecule has 112 valence electrons. The van der Waals surface area contributed by atoms with Gasteiger partial charge in [0.2, 0.25) is 0 Å². The summed E-state index contributed by atoms with van der Waals surface area (Å²) in [6, 6.07) is 6.77. The first-order valence-electron chi connectivity index (χ1n) is 5.55. The van der Waals surface area contributed by atoms with E-state index in [1.54, 1.807) is 17.5 Å². The summed E-state index contributed by atoms with van der Waals surface area (Å²) in [4.78, 5) is 2.17. The molecule has 0 radical (unpaired) electrons. The molecule has 1 aromatic carbocycles. The van der Waals surface area contributed by atoms with Gasteiger partial charge in [-0.1, -0.05) is 22.0 Å². The number of hydrogen-bond acceptors (Lipinski definition) is 5. The second-order valence-corrected chi connectivity index (χ2v) is 8.40. The van der Waals surface area contributed by atoms with Crippen LogP contribution in [0.1, 0.15) is 5.56 Å². The average molecular weight is 454 g/mol. The van der Waals surface area contributed by atoms with Crippen molar-refractivity contribution in [2.45, 2.75) is 4.21 Å². The summed E-state index contributed by atoms with van der Waals surface area (Å²) in [5, 5.41) is 5.47. The van der Waals surface area contributed by atoms with Gasteiger partial charge >= 0.3 is 0 Å². The van der Waals surface area contributed by atoms with Gasteiger partial charge in [-0.05, 0) is 39.5 Å². The molecule has 0 saturated heterocycles. The van der Waals surface area contributed by atoms with Gasteiger partial charge in [-0.2, -0.15) is 18.4 Å². The molecular formula is C12H10Br2N2O3S2. The lowest BCUT2D eigenvalue weighted by molar-refractivity contribution is 0.411. The van der Waals surface area contributed by atoms with Gasteiger partial charge < -0.3 is 4.74 Å². The van der Waals surface area contributed by atoms with E-state index in [0.29, 0.717) is 11.3 Å². The molecule has 0 spiro atoms. The topological polar surface area (TPSA) is 67.8 Å². The zero-order valence-electron chi connectivity index (χ0n) is 10.7. The second-order valence-electron chi connectivity index (χ2n) is 3.80. The zero-order valence-corrected chi connectivity index (χ0v) is 15.5. The van der Waals surface area contributed by atoms with Crippen LogP contribution in [0.5, 0.6) is 5.75 Å². The van der Waals surface area contributed by atoms with E-state index in [9.17, 15) is 8.42 Å². The molecular weight excluding hydrogens is 444 g/mol. The highest BCUT2D eigenvalue weighted by atomic mass is 79.9. The third-order valence-corrected chi connectivity index (χ3v) is 6.04. The van der Waals surface area contributed by atoms with Crippen molar-refractivity contribution in [3.63, 3.8) is 0 Å². The van der Waals surface area contributed by atoms with Gasteiger partial charge in [0.25, 0.3) is 10.0 Å². The molecule has 0 aliphatic heterocycles. The van der Waals surface area contributed by atoms with E-state index in [4.69, 9.17) is 4.74 Å². The Balaban J connectivity index is 2.23. The molecule has 21 heavy (non-hydrogen) atoms. The fourth-order valence-electron chi connectivity index (χ4n) is 1.52. The largest absolute Gasteiger partial charge is 0.495 e. The predicted molar refractivity (Wildman–Crippen MR) is 90.6 cm³/mol. The number of ether oxygens (including phenoxy) is 1. The molecule has 0 aliphatic rings. The van der Waals surface area contributed by atoms with Crippen LogP contribution in [-0.4, -0.2) is 21.7 Å². The van der Waals surface area contributed by atoms with Gasteiger partial charge in [-0.15, -0.1) is 11.3 Å². The van der Waals surface area contributed by atoms with E-state index >= 15 is 0 Å². The second kappa shape index (κ2) is 6.91. The molecule has 1 heterocycles. The predicted octanol–water partition coefficient (Wildman–Crippen LogP) is 3.59. The Morgan fingerprint density at radius 2 is 2.14 bits per heavy atom. The van der Waals surface area contributed by atoms with Crippen LogP contribution in [-0.2, 0) is 10.0 Å². The van der Waals surface area contributed by atoms with Crippen LogP contribution >= 0.6 is 43.2 Å². The molecule has 2 aromatic rings. The lowest BCUT2D eigenvalue weighted by atomic mass is 10.2. The monoisotopic (exact) mass is 452 g/mol. The number of halogens is 2. The Kier molecular flexibility index (Phi) is 5.42. The first-order chi connectivity index (χ1) is 9.94. The summed E-state index contributed by atoms with van der Waals surface area (Å²) >= 11 is 7.85. The quantitative estimate of drug-likeness (QED) is 0.555. The van der Waals surface area contributed by atoms with Crippen LogP contribution in [0.3, 0.4) is 0 Å². The number of sulfonamides is 1. The number of hydrogen-bond donors (Lipinski definition) is 1. The maximum absolute atomic E-state index is 11.9. The fraction of sp³-hybridized carbons (Fsp3) is 0.0833. The molecule has 0 saturated carbocycles. The Labute approximate surface area is 143 Å². The molecule has 0 unspecified atom stereocenters. The first kappa shape index (κ1) is 16.5. The van der Waals surface area contributed by atoms with Crippen molar-refractivity contribution in [2.75, 3.05) is 7.11 Å². The van der Waals surface area contributed by atoms with Crippen LogP contribution < -0.4 is 9.57 Å². The fourth-order valence-corrected chi connectivity index (χ4v) is 4.71. The van der Waals surface area contributed by atoms with E-state index in [1.165, 1.54) is 19.4 Å². The normalized spacial score (nSPS) is 11.8. The lowest BCUT2D eigenvalue weighted by Gasteiger charge is -2.07. The number of thiophene rings is 1. The highest BCUT2D eigenvalue weighted by Crippen LogP contribution is 2.31. The molecule has 0 fully saturated rings. The molecule has 0 amide bonds. The Hall–Kier alpha value is -0.900. The maximum Gasteiger partial charge on any atom is 0.286 e. The van der Waals surface area contributed by atoms with Crippen LogP contribution in [0, 0.1) is 0 Å². The molecule has 1 N–H and O–H groups in total. The van der Waals surface area contributed by atoms with Crippen molar-refractivity contribution in [3.05, 3.63) is 44.2 Å². The highest BCUT2D eigenvalue weighted by Gasteiger charge is 2.13. The van der Waals surface area contributed by atoms with Gasteiger partial charge in [0.15, 0.2) is 0 Å². The summed E-state index contributed by atoms with van der Waals surface area (Å²) < 4.78 is 30.8. The van der Waals surface area contributed by atoms with Crippen molar-refractivity contribution in [3.8, 4) is 5.75 Å². The Bertz CT molecular complexity index is 759. The zero-order chi connectivity index (χ0) is 15.5. The molecule has 0 atom stereocenters. The highest BCUT2D eigenvalue weighted by molar-refractivity contribution is 9.11. The van der Waals surface area contributed by atoms with Crippen LogP contribution in [0.15, 0.2) is 47.9 Å². The summed E-state index contributed by atoms with van der Waals surface area (Å²) in [6.45, 7) is 0. The number of hydrazone groups is 1. The summed E-state index contributed by atoms with van der Waals surface area (Å²) in [7, 11) is -2.09. The van der Waals surface area contributed by atoms with Gasteiger partial charge in [-0.25, -0.2) is 0 Å². The van der Waals surface area contributed by atoms with Gasteiger partial charge in [0.05, 0.1) is 17.8 Å². The summed E-state index contributed by atoms with van der Waals surface area (Å²) in [5.41, 5.74) is 0.632. The van der Waals surface area contributed by atoms with Crippen molar-refractivity contribution in [1.29, 1.82) is 0 Å². The number of nitrogens with one attached hydrogen (secondary N) is 1. The Morgan fingerprint density at radius 3 is 2.76 bits per heavy atom. The molecule has 0 aliphatic carbocycles. The molecule has 0 bridgehead atoms. The van der Waals surface area contributed by atoms with Gasteiger partial charge in [-0.3, -0.25) is 0 Å². The van der Waals surface area contributed by atoms with E-state index in [1.807, 2.05) is 6.07 Å². The maximum atomic E-state index is 11.9. The third kappa shape index (κ3) is 4.06. The van der Waals surface area contributed by atoms with Gasteiger partial charge in [0.1, 0.15) is 9.96 Å². The lowest BCUT2D eigenvalue weighted by Crippen LogP contribution is -2.17. The molecule has 2 rings (SSSR count). The van der Waals surface area contributed by atoms with Crippen LogP contribution in [0.2, 0.25) is 0 Å². The number of methoxy groups -OCH3 is 1. The molecule has 5 nitrogen and oxygen atoms in total. The van der Waals surface area contributed by atoms with E-state index < -0.39 is 10.0 Å². The summed E-state index contributed by atoms with van der Waals surface area (Å²) in [5.74, 6) is 0.567. The first-order valence-corrected chi connectivity index (χ1v) is 9.50. The Morgan fingerprint density at radius 1 is 1.38 bits per heavy atom. The van der Waals surface area contributed by atoms with Crippen molar-refractivity contribution in [2.24, 2.45) is 5.10 Å². The van der Waals surface area contributed by atoms with Crippen molar-refractivity contribution in [1.82, 2.24) is 4.83 Å². The standard InChI is InChI=1S/C12H10Br2N2O3S2/c1-19-12-8(5-9(13)6-10(12)14)7-15-16-21(17,18)11-3-2-4-20-11/h2-7,16H,1H3/b15-7+. The SMILES string of the molecule is COc1c(Br)cc(Br)cc1/C=N/NS(=O)(=O)c1cccs1. The summed E-state index contributed by atoms with van der Waals surface area (Å²) in [6.07, 6.45) is 1.39. The molecule has 1 aromatic heterocycles. The minimum atomic E-state index is -3.62. The third-order valence-electron chi connectivity index (χ3n) is 2.38.